The van der Waals surface area contributed by atoms with Gasteiger partial charge in [-0.2, -0.15) is 0 Å². The lowest BCUT2D eigenvalue weighted by atomic mass is 9.86. The third-order valence-corrected chi connectivity index (χ3v) is 5.92. The molecule has 1 fully saturated rings. The molecule has 0 aromatic heterocycles. The van der Waals surface area contributed by atoms with E-state index in [1.165, 1.54) is 5.56 Å². The monoisotopic (exact) mass is 358 g/mol. The van der Waals surface area contributed by atoms with Crippen LogP contribution in [0.1, 0.15) is 63.0 Å². The lowest BCUT2D eigenvalue weighted by molar-refractivity contribution is -0.137. The molecule has 4 nitrogen and oxygen atoms in total. The number of aliphatic carboxylic acids is 1. The van der Waals surface area contributed by atoms with Crippen molar-refractivity contribution >= 4 is 5.97 Å². The Morgan fingerprint density at radius 1 is 1.42 bits per heavy atom. The molecule has 4 heteroatoms. The summed E-state index contributed by atoms with van der Waals surface area (Å²) in [5, 5.41) is 19.4. The number of hydrogen-bond donors (Lipinski definition) is 2. The van der Waals surface area contributed by atoms with Crippen molar-refractivity contribution in [1.82, 2.24) is 0 Å². The van der Waals surface area contributed by atoms with E-state index in [2.05, 4.69) is 32.1 Å². The lowest BCUT2D eigenvalue weighted by Gasteiger charge is -2.17. The van der Waals surface area contributed by atoms with Gasteiger partial charge in [0.25, 0.3) is 0 Å². The highest BCUT2D eigenvalue weighted by molar-refractivity contribution is 5.66. The Kier molecular flexibility index (Phi) is 6.02. The Balaban J connectivity index is 1.76. The number of allylic oxidation sites excluding steroid dienone is 1. The van der Waals surface area contributed by atoms with Crippen LogP contribution in [-0.2, 0) is 11.2 Å². The fourth-order valence-electron chi connectivity index (χ4n) is 4.23. The molecule has 0 unspecified atom stereocenters. The highest BCUT2D eigenvalue weighted by atomic mass is 16.5. The Morgan fingerprint density at radius 2 is 2.23 bits per heavy atom. The fourth-order valence-corrected chi connectivity index (χ4v) is 4.23. The van der Waals surface area contributed by atoms with Crippen molar-refractivity contribution in [2.45, 2.75) is 70.5 Å². The second-order valence-corrected chi connectivity index (χ2v) is 7.82. The molecule has 0 radical (unpaired) electrons. The van der Waals surface area contributed by atoms with Gasteiger partial charge in [0.05, 0.1) is 6.10 Å². The van der Waals surface area contributed by atoms with Crippen molar-refractivity contribution in [1.29, 1.82) is 0 Å². The Hall–Kier alpha value is -1.81. The van der Waals surface area contributed by atoms with Gasteiger partial charge < -0.3 is 14.9 Å². The number of aliphatic hydroxyl groups is 1. The van der Waals surface area contributed by atoms with Crippen LogP contribution in [0.4, 0.5) is 0 Å². The molecule has 1 aromatic rings. The third kappa shape index (κ3) is 3.96. The highest BCUT2D eigenvalue weighted by Crippen LogP contribution is 2.52. The number of carboxylic acids is 1. The third-order valence-electron chi connectivity index (χ3n) is 5.92. The first kappa shape index (κ1) is 19.0. The van der Waals surface area contributed by atoms with E-state index in [-0.39, 0.29) is 30.5 Å². The van der Waals surface area contributed by atoms with E-state index >= 15 is 0 Å². The number of hydrogen-bond acceptors (Lipinski definition) is 3. The second kappa shape index (κ2) is 8.26. The minimum atomic E-state index is -0.759. The molecule has 26 heavy (non-hydrogen) atoms. The maximum Gasteiger partial charge on any atom is 0.303 e. The molecule has 1 aliphatic carbocycles. The zero-order chi connectivity index (χ0) is 18.7. The van der Waals surface area contributed by atoms with Gasteiger partial charge in [0.15, 0.2) is 0 Å². The van der Waals surface area contributed by atoms with Gasteiger partial charge in [0.2, 0.25) is 0 Å². The molecule has 1 aliphatic heterocycles. The van der Waals surface area contributed by atoms with Gasteiger partial charge in [-0.3, -0.25) is 4.79 Å². The van der Waals surface area contributed by atoms with Crippen molar-refractivity contribution in [3.8, 4) is 5.75 Å². The summed E-state index contributed by atoms with van der Waals surface area (Å²) in [5.74, 6) is 1.13. The van der Waals surface area contributed by atoms with Gasteiger partial charge in [-0.1, -0.05) is 50.6 Å². The molecule has 2 aliphatic rings. The topological polar surface area (TPSA) is 66.8 Å². The Morgan fingerprint density at radius 3 is 2.96 bits per heavy atom. The van der Waals surface area contributed by atoms with Gasteiger partial charge in [0, 0.05) is 30.2 Å². The summed E-state index contributed by atoms with van der Waals surface area (Å²) in [5.41, 5.74) is 2.27. The van der Waals surface area contributed by atoms with Crippen molar-refractivity contribution in [2.24, 2.45) is 11.8 Å². The quantitative estimate of drug-likeness (QED) is 0.680. The summed E-state index contributed by atoms with van der Waals surface area (Å²) < 4.78 is 6.23. The Labute approximate surface area is 155 Å². The van der Waals surface area contributed by atoms with Crippen LogP contribution in [0.15, 0.2) is 30.4 Å². The number of para-hydroxylation sites is 1. The maximum absolute atomic E-state index is 10.8. The molecular weight excluding hydrogens is 328 g/mol. The number of fused-ring (bicyclic) bond motifs is 3. The number of aryl methyl sites for hydroxylation is 1. The average molecular weight is 358 g/mol. The minimum absolute atomic E-state index is 0.0267. The summed E-state index contributed by atoms with van der Waals surface area (Å²) in [4.78, 5) is 10.8. The summed E-state index contributed by atoms with van der Waals surface area (Å²) in [7, 11) is 0. The largest absolute Gasteiger partial charge is 0.489 e. The Bertz CT molecular complexity index is 666. The predicted octanol–water partition coefficient (Wildman–Crippen LogP) is 4.31. The molecule has 1 aromatic carbocycles. The number of carboxylic acid groups (broad SMARTS) is 1. The zero-order valence-corrected chi connectivity index (χ0v) is 15.7. The smallest absolute Gasteiger partial charge is 0.303 e. The molecule has 2 N–H and O–H groups in total. The first-order valence-electron chi connectivity index (χ1n) is 9.86. The first-order valence-corrected chi connectivity index (χ1v) is 9.86. The van der Waals surface area contributed by atoms with Gasteiger partial charge in [-0.15, -0.1) is 0 Å². The molecule has 0 amide bonds. The van der Waals surface area contributed by atoms with E-state index in [1.54, 1.807) is 0 Å². The zero-order valence-electron chi connectivity index (χ0n) is 15.7. The number of rotatable bonds is 8. The molecule has 0 spiro atoms. The SMILES string of the molecule is CC[C@@H](C)C/C=C/[C@@H]1[C@H]2c3cccc(CCCC(=O)O)c3O[C@H]2C[C@H]1O. The average Bonchev–Trinajstić information content (AvgIpc) is 3.10. The van der Waals surface area contributed by atoms with Crippen LogP contribution in [0.5, 0.6) is 5.75 Å². The molecule has 1 heterocycles. The van der Waals surface area contributed by atoms with Crippen molar-refractivity contribution < 1.29 is 19.7 Å². The van der Waals surface area contributed by atoms with E-state index in [1.807, 2.05) is 12.1 Å². The minimum Gasteiger partial charge on any atom is -0.489 e. The first-order chi connectivity index (χ1) is 12.5. The van der Waals surface area contributed by atoms with E-state index in [4.69, 9.17) is 9.84 Å². The van der Waals surface area contributed by atoms with Gasteiger partial charge in [0.1, 0.15) is 11.9 Å². The van der Waals surface area contributed by atoms with Gasteiger partial charge in [-0.05, 0) is 30.7 Å². The van der Waals surface area contributed by atoms with E-state index < -0.39 is 5.97 Å². The molecule has 3 rings (SSSR count). The van der Waals surface area contributed by atoms with E-state index in [0.717, 1.165) is 24.2 Å². The van der Waals surface area contributed by atoms with Crippen LogP contribution < -0.4 is 4.74 Å². The van der Waals surface area contributed by atoms with E-state index in [9.17, 15) is 9.90 Å². The molecule has 0 bridgehead atoms. The highest BCUT2D eigenvalue weighted by Gasteiger charge is 2.48. The maximum atomic E-state index is 10.8. The normalized spacial score (nSPS) is 28.0. The molecule has 0 saturated heterocycles. The molecule has 142 valence electrons. The van der Waals surface area contributed by atoms with Crippen LogP contribution in [0.2, 0.25) is 0 Å². The summed E-state index contributed by atoms with van der Waals surface area (Å²) >= 11 is 0. The number of ether oxygens (including phenoxy) is 1. The van der Waals surface area contributed by atoms with Crippen LogP contribution in [0.3, 0.4) is 0 Å². The number of benzene rings is 1. The predicted molar refractivity (Wildman–Crippen MR) is 101 cm³/mol. The van der Waals surface area contributed by atoms with Gasteiger partial charge in [-0.25, -0.2) is 0 Å². The fraction of sp³-hybridized carbons (Fsp3) is 0.591. The van der Waals surface area contributed by atoms with Crippen LogP contribution in [-0.4, -0.2) is 28.4 Å². The van der Waals surface area contributed by atoms with Crippen molar-refractivity contribution in [3.63, 3.8) is 0 Å². The van der Waals surface area contributed by atoms with Crippen LogP contribution in [0.25, 0.3) is 0 Å². The lowest BCUT2D eigenvalue weighted by Crippen LogP contribution is -2.16. The molecular formula is C22H30O4. The van der Waals surface area contributed by atoms with Crippen LogP contribution >= 0.6 is 0 Å². The molecule has 5 atom stereocenters. The summed E-state index contributed by atoms with van der Waals surface area (Å²) in [6, 6.07) is 6.17. The van der Waals surface area contributed by atoms with Gasteiger partial charge >= 0.3 is 5.97 Å². The van der Waals surface area contributed by atoms with Crippen molar-refractivity contribution in [2.75, 3.05) is 0 Å². The summed E-state index contributed by atoms with van der Waals surface area (Å²) in [6.45, 7) is 4.45. The van der Waals surface area contributed by atoms with E-state index in [0.29, 0.717) is 25.2 Å². The standard InChI is InChI=1S/C22H30O4/c1-3-14(2)7-4-10-16-18(23)13-19-21(16)17-11-5-8-15(22(17)26-19)9-6-12-20(24)25/h4-5,8,10-11,14,16,18-19,21,23H,3,6-7,9,12-13H2,1-2H3,(H,24,25)/b10-4+/t14-,16+,18-,19+,21+/m1/s1. The second-order valence-electron chi connectivity index (χ2n) is 7.82. The van der Waals surface area contributed by atoms with Crippen molar-refractivity contribution in [3.05, 3.63) is 41.5 Å². The summed E-state index contributed by atoms with van der Waals surface area (Å²) in [6.07, 6.45) is 8.45. The molecule has 1 saturated carbocycles. The number of carbonyl (C=O) groups is 1. The number of aliphatic hydroxyl groups excluding tert-OH is 1. The van der Waals surface area contributed by atoms with Crippen LogP contribution in [0, 0.1) is 11.8 Å².